The average molecular weight is 309 g/mol. The van der Waals surface area contributed by atoms with Gasteiger partial charge in [-0.1, -0.05) is 30.3 Å². The van der Waals surface area contributed by atoms with Crippen molar-refractivity contribution in [1.82, 2.24) is 9.78 Å². The van der Waals surface area contributed by atoms with Crippen LogP contribution in [0.1, 0.15) is 19.4 Å². The number of nitrogens with two attached hydrogens (primary N) is 1. The van der Waals surface area contributed by atoms with Crippen LogP contribution in [0.3, 0.4) is 0 Å². The Kier molecular flexibility index (Phi) is 5.93. The van der Waals surface area contributed by atoms with E-state index in [2.05, 4.69) is 10.4 Å². The van der Waals surface area contributed by atoms with Gasteiger partial charge in [-0.3, -0.25) is 9.48 Å². The highest BCUT2D eigenvalue weighted by Gasteiger charge is 2.25. The van der Waals surface area contributed by atoms with Crippen LogP contribution < -0.4 is 11.1 Å². The minimum atomic E-state index is -0.582. The summed E-state index contributed by atoms with van der Waals surface area (Å²) in [6.07, 6.45) is 3.46. The van der Waals surface area contributed by atoms with E-state index in [0.717, 1.165) is 5.56 Å². The predicted molar refractivity (Wildman–Crippen MR) is 86.5 cm³/mol. The number of benzene rings is 1. The van der Waals surface area contributed by atoms with Crippen LogP contribution in [0.4, 0.5) is 5.69 Å². The normalized spacial score (nSPS) is 10.8. The summed E-state index contributed by atoms with van der Waals surface area (Å²) in [6.45, 7) is 4.61. The number of nitrogens with zero attached hydrogens (tertiary/aromatic N) is 2. The lowest BCUT2D eigenvalue weighted by Crippen LogP contribution is -2.37. The lowest BCUT2D eigenvalue weighted by Gasteiger charge is -2.20. The molecule has 114 valence electrons. The topological polar surface area (TPSA) is 72.9 Å². The Labute approximate surface area is 130 Å². The van der Waals surface area contributed by atoms with Gasteiger partial charge in [0.25, 0.3) is 0 Å². The largest absolute Gasteiger partial charge is 0.329 e. The quantitative estimate of drug-likeness (QED) is 0.890. The highest BCUT2D eigenvalue weighted by Crippen LogP contribution is 2.16. The van der Waals surface area contributed by atoms with Crippen molar-refractivity contribution in [3.63, 3.8) is 0 Å². The molecule has 0 fully saturated rings. The summed E-state index contributed by atoms with van der Waals surface area (Å²) in [6, 6.07) is 10.0. The first-order valence-corrected chi connectivity index (χ1v) is 6.59. The van der Waals surface area contributed by atoms with Crippen molar-refractivity contribution < 1.29 is 4.79 Å². The summed E-state index contributed by atoms with van der Waals surface area (Å²) >= 11 is 0. The second kappa shape index (κ2) is 7.24. The lowest BCUT2D eigenvalue weighted by molar-refractivity contribution is -0.123. The molecule has 2 aromatic rings. The number of hydrogen-bond acceptors (Lipinski definition) is 3. The molecule has 0 saturated heterocycles. The summed E-state index contributed by atoms with van der Waals surface area (Å²) < 4.78 is 1.79. The van der Waals surface area contributed by atoms with Crippen molar-refractivity contribution in [1.29, 1.82) is 0 Å². The van der Waals surface area contributed by atoms with E-state index < -0.39 is 5.41 Å². The molecule has 0 saturated carbocycles. The number of amides is 1. The highest BCUT2D eigenvalue weighted by molar-refractivity contribution is 5.94. The summed E-state index contributed by atoms with van der Waals surface area (Å²) in [5.74, 6) is -0.0979. The molecule has 0 spiro atoms. The van der Waals surface area contributed by atoms with Crippen molar-refractivity contribution in [2.45, 2.75) is 20.4 Å². The first-order valence-electron chi connectivity index (χ1n) is 6.59. The maximum absolute atomic E-state index is 12.0. The van der Waals surface area contributed by atoms with E-state index in [-0.39, 0.29) is 18.3 Å². The van der Waals surface area contributed by atoms with Crippen LogP contribution in [0.2, 0.25) is 0 Å². The van der Waals surface area contributed by atoms with Gasteiger partial charge in [-0.05, 0) is 19.4 Å². The van der Waals surface area contributed by atoms with Crippen molar-refractivity contribution in [2.24, 2.45) is 11.1 Å². The van der Waals surface area contributed by atoms with Gasteiger partial charge in [0, 0.05) is 12.7 Å². The zero-order chi connectivity index (χ0) is 14.6. The fourth-order valence-corrected chi connectivity index (χ4v) is 1.68. The number of hydrogen-bond donors (Lipinski definition) is 2. The van der Waals surface area contributed by atoms with Gasteiger partial charge in [0.05, 0.1) is 23.8 Å². The van der Waals surface area contributed by atoms with Crippen LogP contribution in [-0.4, -0.2) is 22.2 Å². The predicted octanol–water partition coefficient (Wildman–Crippen LogP) is 2.28. The Morgan fingerprint density at radius 1 is 1.33 bits per heavy atom. The SMILES string of the molecule is CC(C)(CN)C(=O)Nc1cnn(Cc2ccccc2)c1.Cl. The lowest BCUT2D eigenvalue weighted by atomic mass is 9.93. The van der Waals surface area contributed by atoms with E-state index in [0.29, 0.717) is 18.8 Å². The molecular formula is C15H21ClN4O. The molecular weight excluding hydrogens is 288 g/mol. The molecule has 1 aromatic carbocycles. The number of halogens is 1. The Morgan fingerprint density at radius 2 is 2.00 bits per heavy atom. The number of rotatable bonds is 5. The minimum absolute atomic E-state index is 0. The standard InChI is InChI=1S/C15H20N4O.ClH/c1-15(2,11-16)14(20)18-13-8-17-19(10-13)9-12-6-4-3-5-7-12;/h3-8,10H,9,11,16H2,1-2H3,(H,18,20);1H. The van der Waals surface area contributed by atoms with E-state index in [4.69, 9.17) is 5.73 Å². The third kappa shape index (κ3) is 4.58. The maximum Gasteiger partial charge on any atom is 0.231 e. The van der Waals surface area contributed by atoms with Gasteiger partial charge in [0.2, 0.25) is 5.91 Å². The molecule has 0 bridgehead atoms. The van der Waals surface area contributed by atoms with Gasteiger partial charge >= 0.3 is 0 Å². The Hall–Kier alpha value is -1.85. The molecule has 1 amide bonds. The third-order valence-electron chi connectivity index (χ3n) is 3.20. The van der Waals surface area contributed by atoms with Crippen molar-refractivity contribution >= 4 is 24.0 Å². The first kappa shape index (κ1) is 17.2. The Bertz CT molecular complexity index is 580. The molecule has 0 radical (unpaired) electrons. The molecule has 21 heavy (non-hydrogen) atoms. The molecule has 2 rings (SSSR count). The minimum Gasteiger partial charge on any atom is -0.329 e. The van der Waals surface area contributed by atoms with Crippen LogP contribution in [0.15, 0.2) is 42.7 Å². The molecule has 6 heteroatoms. The van der Waals surface area contributed by atoms with E-state index >= 15 is 0 Å². The molecule has 0 atom stereocenters. The monoisotopic (exact) mass is 308 g/mol. The smallest absolute Gasteiger partial charge is 0.231 e. The Balaban J connectivity index is 0.00000220. The van der Waals surface area contributed by atoms with Gasteiger partial charge in [-0.15, -0.1) is 12.4 Å². The molecule has 3 N–H and O–H groups in total. The van der Waals surface area contributed by atoms with Crippen molar-refractivity contribution in [2.75, 3.05) is 11.9 Å². The summed E-state index contributed by atoms with van der Waals surface area (Å²) in [5.41, 5.74) is 6.85. The summed E-state index contributed by atoms with van der Waals surface area (Å²) in [4.78, 5) is 12.0. The van der Waals surface area contributed by atoms with Gasteiger partial charge in [0.15, 0.2) is 0 Å². The zero-order valence-electron chi connectivity index (χ0n) is 12.2. The third-order valence-corrected chi connectivity index (χ3v) is 3.20. The zero-order valence-corrected chi connectivity index (χ0v) is 13.1. The van der Waals surface area contributed by atoms with Gasteiger partial charge in [0.1, 0.15) is 0 Å². The second-order valence-corrected chi connectivity index (χ2v) is 5.45. The summed E-state index contributed by atoms with van der Waals surface area (Å²) in [7, 11) is 0. The van der Waals surface area contributed by atoms with E-state index in [1.165, 1.54) is 0 Å². The molecule has 0 aliphatic rings. The molecule has 0 unspecified atom stereocenters. The fourth-order valence-electron chi connectivity index (χ4n) is 1.68. The number of anilines is 1. The van der Waals surface area contributed by atoms with Crippen LogP contribution in [-0.2, 0) is 11.3 Å². The number of carbonyl (C=O) groups excluding carboxylic acids is 1. The van der Waals surface area contributed by atoms with Crippen LogP contribution in [0.5, 0.6) is 0 Å². The van der Waals surface area contributed by atoms with Gasteiger partial charge in [-0.2, -0.15) is 5.10 Å². The number of carbonyl (C=O) groups is 1. The second-order valence-electron chi connectivity index (χ2n) is 5.45. The Morgan fingerprint density at radius 3 is 2.62 bits per heavy atom. The van der Waals surface area contributed by atoms with Crippen LogP contribution in [0, 0.1) is 5.41 Å². The first-order chi connectivity index (χ1) is 9.51. The van der Waals surface area contributed by atoms with Crippen molar-refractivity contribution in [3.05, 3.63) is 48.3 Å². The van der Waals surface area contributed by atoms with Crippen LogP contribution >= 0.6 is 12.4 Å². The fraction of sp³-hybridized carbons (Fsp3) is 0.333. The highest BCUT2D eigenvalue weighted by atomic mass is 35.5. The van der Waals surface area contributed by atoms with Crippen LogP contribution in [0.25, 0.3) is 0 Å². The molecule has 0 aliphatic carbocycles. The average Bonchev–Trinajstić information content (AvgIpc) is 2.87. The number of aromatic nitrogens is 2. The maximum atomic E-state index is 12.0. The van der Waals surface area contributed by atoms with E-state index in [1.54, 1.807) is 10.9 Å². The summed E-state index contributed by atoms with van der Waals surface area (Å²) in [5, 5.41) is 7.08. The van der Waals surface area contributed by atoms with E-state index in [1.807, 2.05) is 50.4 Å². The van der Waals surface area contributed by atoms with Gasteiger partial charge in [-0.25, -0.2) is 0 Å². The van der Waals surface area contributed by atoms with E-state index in [9.17, 15) is 4.79 Å². The molecule has 1 aromatic heterocycles. The molecule has 5 nitrogen and oxygen atoms in total. The molecule has 0 aliphatic heterocycles. The molecule has 1 heterocycles. The number of nitrogens with one attached hydrogen (secondary N) is 1. The van der Waals surface area contributed by atoms with Crippen molar-refractivity contribution in [3.8, 4) is 0 Å². The van der Waals surface area contributed by atoms with Gasteiger partial charge < -0.3 is 11.1 Å².